The number of H-pyrrole nitrogens is 1. The molecule has 164 valence electrons. The zero-order chi connectivity index (χ0) is 22.1. The van der Waals surface area contributed by atoms with Gasteiger partial charge in [0.05, 0.1) is 16.6 Å². The third-order valence-electron chi connectivity index (χ3n) is 5.43. The van der Waals surface area contributed by atoms with Gasteiger partial charge in [0.2, 0.25) is 11.9 Å². The van der Waals surface area contributed by atoms with Crippen molar-refractivity contribution in [3.8, 4) is 0 Å². The molecule has 1 aromatic carbocycles. The number of aryl methyl sites for hydroxylation is 1. The second kappa shape index (κ2) is 8.54. The van der Waals surface area contributed by atoms with Crippen molar-refractivity contribution in [3.63, 3.8) is 0 Å². The first-order chi connectivity index (χ1) is 15.5. The van der Waals surface area contributed by atoms with Gasteiger partial charge in [-0.3, -0.25) is 9.89 Å². The van der Waals surface area contributed by atoms with Crippen LogP contribution in [0.5, 0.6) is 0 Å². The monoisotopic (exact) mass is 451 g/mol. The second-order valence-corrected chi connectivity index (χ2v) is 8.66. The lowest BCUT2D eigenvalue weighted by Gasteiger charge is -2.35. The Kier molecular flexibility index (Phi) is 5.44. The van der Waals surface area contributed by atoms with Crippen LogP contribution in [-0.2, 0) is 11.2 Å². The molecular weight excluding hydrogens is 429 g/mol. The van der Waals surface area contributed by atoms with E-state index in [0.29, 0.717) is 37.9 Å². The normalized spacial score (nSPS) is 14.2. The van der Waals surface area contributed by atoms with E-state index in [4.69, 9.17) is 9.97 Å². The van der Waals surface area contributed by atoms with Crippen molar-refractivity contribution >= 4 is 45.0 Å². The molecule has 32 heavy (non-hydrogen) atoms. The van der Waals surface area contributed by atoms with Crippen molar-refractivity contribution in [1.82, 2.24) is 25.1 Å². The molecule has 0 atom stereocenters. The smallest absolute Gasteiger partial charge is 0.228 e. The minimum atomic E-state index is -0.298. The van der Waals surface area contributed by atoms with Gasteiger partial charge >= 0.3 is 0 Å². The fourth-order valence-corrected chi connectivity index (χ4v) is 4.50. The molecule has 0 radical (unpaired) electrons. The summed E-state index contributed by atoms with van der Waals surface area (Å²) in [6, 6.07) is 9.98. The molecule has 0 saturated carbocycles. The van der Waals surface area contributed by atoms with Crippen molar-refractivity contribution in [2.24, 2.45) is 0 Å². The molecule has 3 aromatic heterocycles. The van der Waals surface area contributed by atoms with E-state index in [-0.39, 0.29) is 18.1 Å². The number of thiophene rings is 1. The number of carbonyl (C=O) groups excluding carboxylic acids is 1. The predicted octanol–water partition coefficient (Wildman–Crippen LogP) is 3.50. The maximum Gasteiger partial charge on any atom is 0.228 e. The number of hydrogen-bond acceptors (Lipinski definition) is 7. The Bertz CT molecular complexity index is 1240. The molecule has 5 rings (SSSR count). The third kappa shape index (κ3) is 4.26. The zero-order valence-corrected chi connectivity index (χ0v) is 18.3. The minimum absolute atomic E-state index is 0.0433. The number of halogens is 1. The second-order valence-electron chi connectivity index (χ2n) is 7.74. The van der Waals surface area contributed by atoms with Crippen molar-refractivity contribution in [3.05, 3.63) is 58.9 Å². The van der Waals surface area contributed by atoms with Gasteiger partial charge in [0.25, 0.3) is 0 Å². The van der Waals surface area contributed by atoms with Gasteiger partial charge in [0, 0.05) is 37.9 Å². The van der Waals surface area contributed by atoms with Gasteiger partial charge in [-0.15, -0.1) is 11.3 Å². The maximum atomic E-state index is 13.1. The van der Waals surface area contributed by atoms with Crippen LogP contribution in [0, 0.1) is 12.7 Å². The number of nitrogens with one attached hydrogen (secondary N) is 2. The lowest BCUT2D eigenvalue weighted by Crippen LogP contribution is -2.49. The lowest BCUT2D eigenvalue weighted by molar-refractivity contribution is -0.130. The van der Waals surface area contributed by atoms with E-state index < -0.39 is 0 Å². The molecule has 8 nitrogen and oxygen atoms in total. The van der Waals surface area contributed by atoms with Crippen molar-refractivity contribution < 1.29 is 9.18 Å². The number of fused-ring (bicyclic) bond motifs is 1. The summed E-state index contributed by atoms with van der Waals surface area (Å²) < 4.78 is 14.1. The van der Waals surface area contributed by atoms with Crippen molar-refractivity contribution in [1.29, 1.82) is 0 Å². The average molecular weight is 452 g/mol. The molecule has 1 aliphatic heterocycles. The number of rotatable bonds is 5. The highest BCUT2D eigenvalue weighted by Gasteiger charge is 2.24. The SMILES string of the molecule is Cc1cc(Nc2nc(N3CCN(C(=O)Cc4ccc(F)cc4)CC3)nc3ccsc23)n[nH]1. The van der Waals surface area contributed by atoms with Crippen LogP contribution in [0.1, 0.15) is 11.3 Å². The Morgan fingerprint density at radius 3 is 2.66 bits per heavy atom. The highest BCUT2D eigenvalue weighted by atomic mass is 32.1. The summed E-state index contributed by atoms with van der Waals surface area (Å²) in [5.41, 5.74) is 2.66. The Labute approximate surface area is 188 Å². The molecule has 1 saturated heterocycles. The number of amides is 1. The molecule has 4 aromatic rings. The summed E-state index contributed by atoms with van der Waals surface area (Å²) in [4.78, 5) is 26.1. The molecule has 1 amide bonds. The molecule has 10 heteroatoms. The molecule has 0 spiro atoms. The van der Waals surface area contributed by atoms with Gasteiger partial charge in [0.15, 0.2) is 11.6 Å². The minimum Gasteiger partial charge on any atom is -0.339 e. The Morgan fingerprint density at radius 1 is 1.16 bits per heavy atom. The zero-order valence-electron chi connectivity index (χ0n) is 17.5. The highest BCUT2D eigenvalue weighted by Crippen LogP contribution is 2.30. The number of aromatic nitrogens is 4. The first-order valence-electron chi connectivity index (χ1n) is 10.4. The molecule has 0 aliphatic carbocycles. The summed E-state index contributed by atoms with van der Waals surface area (Å²) in [7, 11) is 0. The summed E-state index contributed by atoms with van der Waals surface area (Å²) in [6.07, 6.45) is 0.273. The van der Waals surface area contributed by atoms with E-state index in [1.807, 2.05) is 29.3 Å². The first kappa shape index (κ1) is 20.4. The quantitative estimate of drug-likeness (QED) is 0.483. The Morgan fingerprint density at radius 2 is 1.94 bits per heavy atom. The van der Waals surface area contributed by atoms with Crippen LogP contribution < -0.4 is 10.2 Å². The fourth-order valence-electron chi connectivity index (χ4n) is 3.73. The van der Waals surface area contributed by atoms with E-state index in [1.54, 1.807) is 23.5 Å². The van der Waals surface area contributed by atoms with Gasteiger partial charge in [-0.2, -0.15) is 10.1 Å². The highest BCUT2D eigenvalue weighted by molar-refractivity contribution is 7.17. The van der Waals surface area contributed by atoms with Gasteiger partial charge in [-0.25, -0.2) is 9.37 Å². The van der Waals surface area contributed by atoms with Crippen LogP contribution in [0.3, 0.4) is 0 Å². The van der Waals surface area contributed by atoms with Crippen LogP contribution in [0.25, 0.3) is 10.2 Å². The molecule has 4 heterocycles. The average Bonchev–Trinajstić information content (AvgIpc) is 3.44. The number of hydrogen-bond donors (Lipinski definition) is 2. The number of piperazine rings is 1. The molecule has 1 fully saturated rings. The number of benzene rings is 1. The summed E-state index contributed by atoms with van der Waals surface area (Å²) in [6.45, 7) is 4.41. The number of nitrogens with zero attached hydrogens (tertiary/aromatic N) is 5. The van der Waals surface area contributed by atoms with E-state index in [0.717, 1.165) is 27.3 Å². The number of aromatic amines is 1. The largest absolute Gasteiger partial charge is 0.339 e. The van der Waals surface area contributed by atoms with Crippen LogP contribution in [0.4, 0.5) is 22.0 Å². The Balaban J connectivity index is 1.28. The van der Waals surface area contributed by atoms with Crippen LogP contribution >= 0.6 is 11.3 Å². The van der Waals surface area contributed by atoms with Crippen LogP contribution in [0.15, 0.2) is 41.8 Å². The summed E-state index contributed by atoms with van der Waals surface area (Å²) in [5, 5.41) is 12.5. The Hall–Kier alpha value is -3.53. The summed E-state index contributed by atoms with van der Waals surface area (Å²) in [5.74, 6) is 1.81. The standard InChI is InChI=1S/C22H22FN7OS/c1-14-12-18(28-27-14)25-21-20-17(6-11-32-20)24-22(26-21)30-9-7-29(8-10-30)19(31)13-15-2-4-16(23)5-3-15/h2-6,11-12H,7-10,13H2,1H3,(H2,24,25,26,27,28). The molecule has 1 aliphatic rings. The van der Waals surface area contributed by atoms with E-state index in [2.05, 4.69) is 20.4 Å². The van der Waals surface area contributed by atoms with Crippen molar-refractivity contribution in [2.75, 3.05) is 36.4 Å². The van der Waals surface area contributed by atoms with Gasteiger partial charge < -0.3 is 15.1 Å². The van der Waals surface area contributed by atoms with Gasteiger partial charge in [-0.1, -0.05) is 12.1 Å². The predicted molar refractivity (Wildman–Crippen MR) is 123 cm³/mol. The maximum absolute atomic E-state index is 13.1. The first-order valence-corrected chi connectivity index (χ1v) is 11.2. The van der Waals surface area contributed by atoms with Crippen molar-refractivity contribution in [2.45, 2.75) is 13.3 Å². The molecule has 0 unspecified atom stereocenters. The van der Waals surface area contributed by atoms with E-state index in [1.165, 1.54) is 12.1 Å². The van der Waals surface area contributed by atoms with E-state index in [9.17, 15) is 9.18 Å². The lowest BCUT2D eigenvalue weighted by atomic mass is 10.1. The van der Waals surface area contributed by atoms with Gasteiger partial charge in [0.1, 0.15) is 5.82 Å². The van der Waals surface area contributed by atoms with Crippen LogP contribution in [-0.4, -0.2) is 57.2 Å². The molecule has 0 bridgehead atoms. The number of anilines is 3. The molecule has 2 N–H and O–H groups in total. The van der Waals surface area contributed by atoms with Crippen LogP contribution in [0.2, 0.25) is 0 Å². The number of carbonyl (C=O) groups is 1. The van der Waals surface area contributed by atoms with Gasteiger partial charge in [-0.05, 0) is 36.1 Å². The topological polar surface area (TPSA) is 90.0 Å². The molecular formula is C22H22FN7OS. The summed E-state index contributed by atoms with van der Waals surface area (Å²) >= 11 is 1.58. The van der Waals surface area contributed by atoms with E-state index >= 15 is 0 Å². The third-order valence-corrected chi connectivity index (χ3v) is 6.34. The fraction of sp³-hybridized carbons (Fsp3) is 0.273.